The molecule has 1 aromatic carbocycles. The monoisotopic (exact) mass is 409 g/mol. The molecule has 2 aromatic rings. The number of hydrogen-bond donors (Lipinski definition) is 2. The van der Waals surface area contributed by atoms with Gasteiger partial charge in [0.25, 0.3) is 0 Å². The van der Waals surface area contributed by atoms with E-state index in [0.717, 1.165) is 29.5 Å². The third-order valence-corrected chi connectivity index (χ3v) is 3.70. The van der Waals surface area contributed by atoms with Crippen LogP contribution in [0.2, 0.25) is 0 Å². The Hall–Kier alpha value is -2.76. The van der Waals surface area contributed by atoms with Crippen molar-refractivity contribution in [2.24, 2.45) is 0 Å². The molecule has 146 valence electrons. The molecule has 0 aliphatic carbocycles. The van der Waals surface area contributed by atoms with Gasteiger partial charge in [-0.05, 0) is 18.2 Å². The van der Waals surface area contributed by atoms with Gasteiger partial charge >= 0.3 is 12.3 Å². The number of nitrogens with zero attached hydrogens (tertiary/aromatic N) is 1. The lowest BCUT2D eigenvalue weighted by molar-refractivity contribution is -0.160. The van der Waals surface area contributed by atoms with E-state index in [4.69, 9.17) is 0 Å². The fourth-order valence-corrected chi connectivity index (χ4v) is 2.53. The number of nitrogens with one attached hydrogen (secondary N) is 2. The number of thiazole rings is 1. The number of carbonyl (C=O) groups is 2. The molecule has 0 saturated carbocycles. The molecule has 0 saturated heterocycles. The summed E-state index contributed by atoms with van der Waals surface area (Å²) in [6, 6.07) is 2.87. The summed E-state index contributed by atoms with van der Waals surface area (Å²) in [6.45, 7) is -2.00. The van der Waals surface area contributed by atoms with Crippen molar-refractivity contribution in [2.75, 3.05) is 18.5 Å². The standard InChI is InChI=1S/C15H12F5N3O3S/c16-8-1-2-10(17)9(5-8)11-6-27-13(22-11)23-12(24)3-4-21-14(25)26-7-15(18,19)20/h1-2,5-6H,3-4,7H2,(H,21,25)(H,22,23,24). The minimum Gasteiger partial charge on any atom is -0.440 e. The fraction of sp³-hybridized carbons (Fsp3) is 0.267. The van der Waals surface area contributed by atoms with Crippen LogP contribution in [0.3, 0.4) is 0 Å². The molecule has 2 amide bonds. The Labute approximate surface area is 153 Å². The number of carbonyl (C=O) groups excluding carboxylic acids is 2. The molecular weight excluding hydrogens is 397 g/mol. The van der Waals surface area contributed by atoms with Crippen LogP contribution in [0.1, 0.15) is 6.42 Å². The molecule has 0 spiro atoms. The Morgan fingerprint density at radius 2 is 1.96 bits per heavy atom. The number of hydrogen-bond acceptors (Lipinski definition) is 5. The van der Waals surface area contributed by atoms with Crippen molar-refractivity contribution in [1.29, 1.82) is 0 Å². The maximum absolute atomic E-state index is 13.7. The highest BCUT2D eigenvalue weighted by Gasteiger charge is 2.29. The number of alkyl halides is 3. The largest absolute Gasteiger partial charge is 0.440 e. The average Bonchev–Trinajstić information content (AvgIpc) is 3.02. The predicted octanol–water partition coefficient (Wildman–Crippen LogP) is 3.71. The molecule has 27 heavy (non-hydrogen) atoms. The molecule has 1 heterocycles. The van der Waals surface area contributed by atoms with E-state index in [-0.39, 0.29) is 29.4 Å². The van der Waals surface area contributed by atoms with Gasteiger partial charge < -0.3 is 15.4 Å². The van der Waals surface area contributed by atoms with E-state index >= 15 is 0 Å². The maximum atomic E-state index is 13.7. The van der Waals surface area contributed by atoms with Crippen LogP contribution in [0.25, 0.3) is 11.3 Å². The molecule has 12 heteroatoms. The Kier molecular flexibility index (Phi) is 6.66. The Bertz CT molecular complexity index is 825. The second-order valence-corrected chi connectivity index (χ2v) is 5.94. The van der Waals surface area contributed by atoms with Crippen molar-refractivity contribution >= 4 is 28.5 Å². The van der Waals surface area contributed by atoms with Crippen molar-refractivity contribution < 1.29 is 36.3 Å². The van der Waals surface area contributed by atoms with Crippen LogP contribution in [0.4, 0.5) is 31.9 Å². The van der Waals surface area contributed by atoms with Gasteiger partial charge in [0.05, 0.1) is 5.69 Å². The predicted molar refractivity (Wildman–Crippen MR) is 86.1 cm³/mol. The molecular formula is C15H12F5N3O3S. The van der Waals surface area contributed by atoms with Crippen LogP contribution in [0, 0.1) is 11.6 Å². The van der Waals surface area contributed by atoms with Crippen LogP contribution in [0.5, 0.6) is 0 Å². The molecule has 2 rings (SSSR count). The van der Waals surface area contributed by atoms with Gasteiger partial charge in [-0.1, -0.05) is 0 Å². The summed E-state index contributed by atoms with van der Waals surface area (Å²) in [5, 5.41) is 5.89. The van der Waals surface area contributed by atoms with E-state index in [1.54, 1.807) is 0 Å². The van der Waals surface area contributed by atoms with Crippen molar-refractivity contribution in [2.45, 2.75) is 12.6 Å². The Morgan fingerprint density at radius 3 is 2.67 bits per heavy atom. The highest BCUT2D eigenvalue weighted by atomic mass is 32.1. The Morgan fingerprint density at radius 1 is 1.22 bits per heavy atom. The number of rotatable bonds is 6. The molecule has 0 aliphatic heterocycles. The zero-order valence-electron chi connectivity index (χ0n) is 13.4. The Balaban J connectivity index is 1.81. The summed E-state index contributed by atoms with van der Waals surface area (Å²) in [4.78, 5) is 26.7. The highest BCUT2D eigenvalue weighted by molar-refractivity contribution is 7.14. The summed E-state index contributed by atoms with van der Waals surface area (Å²) in [5.41, 5.74) is 0.0574. The normalized spacial score (nSPS) is 11.1. The SMILES string of the molecule is O=C(CCNC(=O)OCC(F)(F)F)Nc1nc(-c2cc(F)ccc2F)cs1. The number of benzene rings is 1. The van der Waals surface area contributed by atoms with E-state index in [2.05, 4.69) is 15.0 Å². The number of anilines is 1. The van der Waals surface area contributed by atoms with Gasteiger partial charge in [-0.25, -0.2) is 18.6 Å². The number of ether oxygens (including phenoxy) is 1. The van der Waals surface area contributed by atoms with Crippen molar-refractivity contribution in [3.63, 3.8) is 0 Å². The van der Waals surface area contributed by atoms with Gasteiger partial charge in [-0.3, -0.25) is 4.79 Å². The fourth-order valence-electron chi connectivity index (χ4n) is 1.81. The topological polar surface area (TPSA) is 80.3 Å². The van der Waals surface area contributed by atoms with Gasteiger partial charge in [0.2, 0.25) is 5.91 Å². The lowest BCUT2D eigenvalue weighted by Crippen LogP contribution is -2.31. The van der Waals surface area contributed by atoms with E-state index < -0.39 is 36.4 Å². The molecule has 0 aliphatic rings. The first-order chi connectivity index (χ1) is 12.6. The van der Waals surface area contributed by atoms with E-state index in [1.165, 1.54) is 5.38 Å². The van der Waals surface area contributed by atoms with E-state index in [9.17, 15) is 31.5 Å². The van der Waals surface area contributed by atoms with Crippen molar-refractivity contribution in [3.05, 3.63) is 35.2 Å². The summed E-state index contributed by atoms with van der Waals surface area (Å²) >= 11 is 0.969. The zero-order chi connectivity index (χ0) is 20.0. The smallest absolute Gasteiger partial charge is 0.422 e. The number of amides is 2. The second-order valence-electron chi connectivity index (χ2n) is 5.08. The number of alkyl carbamates (subject to hydrolysis) is 1. The van der Waals surface area contributed by atoms with Crippen LogP contribution in [0.15, 0.2) is 23.6 Å². The summed E-state index contributed by atoms with van der Waals surface area (Å²) in [6.07, 6.45) is -6.21. The van der Waals surface area contributed by atoms with Crippen LogP contribution < -0.4 is 10.6 Å². The van der Waals surface area contributed by atoms with E-state index in [1.807, 2.05) is 5.32 Å². The molecule has 6 nitrogen and oxygen atoms in total. The first-order valence-corrected chi connectivity index (χ1v) is 8.20. The lowest BCUT2D eigenvalue weighted by Gasteiger charge is -2.08. The molecule has 0 radical (unpaired) electrons. The first-order valence-electron chi connectivity index (χ1n) is 7.32. The zero-order valence-corrected chi connectivity index (χ0v) is 14.2. The molecule has 0 bridgehead atoms. The van der Waals surface area contributed by atoms with Crippen molar-refractivity contribution in [3.8, 4) is 11.3 Å². The van der Waals surface area contributed by atoms with E-state index in [0.29, 0.717) is 0 Å². The first kappa shape index (κ1) is 20.6. The van der Waals surface area contributed by atoms with Crippen LogP contribution in [-0.2, 0) is 9.53 Å². The van der Waals surface area contributed by atoms with Crippen molar-refractivity contribution in [1.82, 2.24) is 10.3 Å². The van der Waals surface area contributed by atoms with Gasteiger partial charge in [-0.2, -0.15) is 13.2 Å². The lowest BCUT2D eigenvalue weighted by atomic mass is 10.1. The third kappa shape index (κ3) is 6.81. The minimum atomic E-state index is -4.64. The van der Waals surface area contributed by atoms with Gasteiger partial charge in [-0.15, -0.1) is 11.3 Å². The molecule has 0 atom stereocenters. The summed E-state index contributed by atoms with van der Waals surface area (Å²) in [7, 11) is 0. The summed E-state index contributed by atoms with van der Waals surface area (Å²) < 4.78 is 66.4. The highest BCUT2D eigenvalue weighted by Crippen LogP contribution is 2.27. The second kappa shape index (κ2) is 8.75. The minimum absolute atomic E-state index is 0.0687. The quantitative estimate of drug-likeness (QED) is 0.713. The van der Waals surface area contributed by atoms with Crippen LogP contribution in [-0.4, -0.2) is 36.3 Å². The van der Waals surface area contributed by atoms with Gasteiger partial charge in [0.15, 0.2) is 11.7 Å². The molecule has 0 unspecified atom stereocenters. The summed E-state index contributed by atoms with van der Waals surface area (Å²) in [5.74, 6) is -1.92. The third-order valence-electron chi connectivity index (χ3n) is 2.94. The van der Waals surface area contributed by atoms with Gasteiger partial charge in [0.1, 0.15) is 11.6 Å². The molecule has 1 aromatic heterocycles. The average molecular weight is 409 g/mol. The molecule has 2 N–H and O–H groups in total. The maximum Gasteiger partial charge on any atom is 0.422 e. The molecule has 0 fully saturated rings. The van der Waals surface area contributed by atoms with Gasteiger partial charge in [0, 0.05) is 23.9 Å². The number of aromatic nitrogens is 1. The number of halogens is 5. The van der Waals surface area contributed by atoms with Crippen LogP contribution >= 0.6 is 11.3 Å².